The molecule has 4 aromatic rings. The largest absolute Gasteiger partial charge is 0.371 e. The van der Waals surface area contributed by atoms with Crippen molar-refractivity contribution in [2.75, 3.05) is 6.61 Å². The molecule has 2 nitrogen and oxygen atoms in total. The summed E-state index contributed by atoms with van der Waals surface area (Å²) in [5.41, 5.74) is 3.86. The SMILES string of the molecule is CCCCCCCCCCCC[C@@H](COC(c1ccccc1)(c1ccccc1)c1ccccc1)OCc1ccccc1. The van der Waals surface area contributed by atoms with Gasteiger partial charge >= 0.3 is 0 Å². The van der Waals surface area contributed by atoms with E-state index in [1.54, 1.807) is 0 Å². The summed E-state index contributed by atoms with van der Waals surface area (Å²) in [6.07, 6.45) is 14.3. The Morgan fingerprint density at radius 1 is 0.500 bits per heavy atom. The molecule has 222 valence electrons. The summed E-state index contributed by atoms with van der Waals surface area (Å²) in [5, 5.41) is 0. The molecule has 0 saturated carbocycles. The summed E-state index contributed by atoms with van der Waals surface area (Å²) in [6, 6.07) is 42.4. The van der Waals surface area contributed by atoms with E-state index in [9.17, 15) is 0 Å². The van der Waals surface area contributed by atoms with E-state index in [1.165, 1.54) is 63.4 Å². The molecule has 0 amide bonds. The zero-order chi connectivity index (χ0) is 29.1. The lowest BCUT2D eigenvalue weighted by molar-refractivity contribution is -0.0731. The molecule has 4 rings (SSSR count). The van der Waals surface area contributed by atoms with Gasteiger partial charge in [-0.15, -0.1) is 0 Å². The van der Waals surface area contributed by atoms with E-state index in [1.807, 2.05) is 0 Å². The van der Waals surface area contributed by atoms with Gasteiger partial charge in [-0.25, -0.2) is 0 Å². The van der Waals surface area contributed by atoms with E-state index in [0.29, 0.717) is 13.2 Å². The highest BCUT2D eigenvalue weighted by Gasteiger charge is 2.38. The Bertz CT molecular complexity index is 1110. The zero-order valence-electron chi connectivity index (χ0n) is 25.6. The van der Waals surface area contributed by atoms with Crippen LogP contribution in [0.25, 0.3) is 0 Å². The Morgan fingerprint density at radius 2 is 0.905 bits per heavy atom. The maximum absolute atomic E-state index is 7.16. The Balaban J connectivity index is 1.47. The number of benzene rings is 4. The van der Waals surface area contributed by atoms with Gasteiger partial charge in [-0.2, -0.15) is 0 Å². The highest BCUT2D eigenvalue weighted by molar-refractivity contribution is 5.47. The van der Waals surface area contributed by atoms with Gasteiger partial charge in [-0.1, -0.05) is 192 Å². The minimum absolute atomic E-state index is 0.00904. The van der Waals surface area contributed by atoms with Crippen molar-refractivity contribution in [2.24, 2.45) is 0 Å². The molecule has 42 heavy (non-hydrogen) atoms. The van der Waals surface area contributed by atoms with Gasteiger partial charge in [0.25, 0.3) is 0 Å². The van der Waals surface area contributed by atoms with Crippen molar-refractivity contribution in [3.63, 3.8) is 0 Å². The van der Waals surface area contributed by atoms with Crippen LogP contribution in [-0.4, -0.2) is 12.7 Å². The van der Waals surface area contributed by atoms with E-state index in [4.69, 9.17) is 9.47 Å². The molecule has 0 heterocycles. The van der Waals surface area contributed by atoms with Crippen molar-refractivity contribution in [1.82, 2.24) is 0 Å². The van der Waals surface area contributed by atoms with Crippen molar-refractivity contribution >= 4 is 0 Å². The van der Waals surface area contributed by atoms with Crippen LogP contribution in [0.1, 0.15) is 99.8 Å². The molecule has 4 aromatic carbocycles. The van der Waals surface area contributed by atoms with Gasteiger partial charge in [-0.3, -0.25) is 0 Å². The topological polar surface area (TPSA) is 18.5 Å². The monoisotopic (exact) mass is 562 g/mol. The summed E-state index contributed by atoms with van der Waals surface area (Å²) in [6.45, 7) is 3.40. The molecule has 0 saturated heterocycles. The number of ether oxygens (including phenoxy) is 2. The molecular weight excluding hydrogens is 512 g/mol. The second-order valence-electron chi connectivity index (χ2n) is 11.5. The third kappa shape index (κ3) is 9.68. The molecule has 0 aliphatic carbocycles. The normalized spacial score (nSPS) is 12.3. The highest BCUT2D eigenvalue weighted by atomic mass is 16.5. The van der Waals surface area contributed by atoms with Crippen molar-refractivity contribution in [1.29, 1.82) is 0 Å². The predicted molar refractivity (Wildman–Crippen MR) is 177 cm³/mol. The molecule has 0 N–H and O–H groups in total. The Hall–Kier alpha value is -3.20. The third-order valence-corrected chi connectivity index (χ3v) is 8.23. The summed E-state index contributed by atoms with van der Waals surface area (Å²) in [5.74, 6) is 0. The van der Waals surface area contributed by atoms with Gasteiger partial charge in [0.1, 0.15) is 5.60 Å². The summed E-state index contributed by atoms with van der Waals surface area (Å²) in [4.78, 5) is 0. The molecular formula is C40H50O2. The van der Waals surface area contributed by atoms with E-state index in [2.05, 4.69) is 128 Å². The van der Waals surface area contributed by atoms with Crippen LogP contribution in [-0.2, 0) is 21.7 Å². The smallest absolute Gasteiger partial charge is 0.143 e. The van der Waals surface area contributed by atoms with Crippen LogP contribution in [0.4, 0.5) is 0 Å². The zero-order valence-corrected chi connectivity index (χ0v) is 25.6. The first-order chi connectivity index (χ1) is 20.8. The maximum Gasteiger partial charge on any atom is 0.143 e. The molecule has 1 atom stereocenters. The number of rotatable bonds is 20. The van der Waals surface area contributed by atoms with E-state index < -0.39 is 5.60 Å². The van der Waals surface area contributed by atoms with Gasteiger partial charge < -0.3 is 9.47 Å². The van der Waals surface area contributed by atoms with Crippen LogP contribution in [0.2, 0.25) is 0 Å². The minimum atomic E-state index is -0.726. The van der Waals surface area contributed by atoms with Crippen LogP contribution in [0.3, 0.4) is 0 Å². The Kier molecular flexibility index (Phi) is 13.9. The molecule has 0 spiro atoms. The molecule has 0 aliphatic rings. The summed E-state index contributed by atoms with van der Waals surface area (Å²) >= 11 is 0. The molecule has 2 heteroatoms. The number of hydrogen-bond donors (Lipinski definition) is 0. The molecule has 0 aromatic heterocycles. The van der Waals surface area contributed by atoms with Crippen LogP contribution in [0.5, 0.6) is 0 Å². The quantitative estimate of drug-likeness (QED) is 0.0788. The van der Waals surface area contributed by atoms with Gasteiger partial charge in [-0.05, 0) is 28.7 Å². The standard InChI is InChI=1S/C40H50O2/c1-2-3-4-5-6-7-8-9-10-23-32-39(41-33-35-24-15-11-16-25-35)34-42-40(36-26-17-12-18-27-36,37-28-19-13-20-29-37)38-30-21-14-22-31-38/h11-22,24-31,39H,2-10,23,32-34H2,1H3/t39-/m0/s1. The first-order valence-corrected chi connectivity index (χ1v) is 16.3. The van der Waals surface area contributed by atoms with Crippen molar-refractivity contribution in [3.8, 4) is 0 Å². The van der Waals surface area contributed by atoms with Gasteiger partial charge in [0.15, 0.2) is 0 Å². The second kappa shape index (κ2) is 18.4. The first kappa shape index (κ1) is 31.7. The van der Waals surface area contributed by atoms with Crippen molar-refractivity contribution in [3.05, 3.63) is 144 Å². The lowest BCUT2D eigenvalue weighted by atomic mass is 9.80. The number of hydrogen-bond acceptors (Lipinski definition) is 2. The first-order valence-electron chi connectivity index (χ1n) is 16.3. The second-order valence-corrected chi connectivity index (χ2v) is 11.5. The van der Waals surface area contributed by atoms with E-state index in [-0.39, 0.29) is 6.10 Å². The van der Waals surface area contributed by atoms with E-state index >= 15 is 0 Å². The average molecular weight is 563 g/mol. The summed E-state index contributed by atoms with van der Waals surface area (Å²) < 4.78 is 13.7. The number of unbranched alkanes of at least 4 members (excludes halogenated alkanes) is 9. The summed E-state index contributed by atoms with van der Waals surface area (Å²) in [7, 11) is 0. The fraction of sp³-hybridized carbons (Fsp3) is 0.400. The Labute approximate surface area is 255 Å². The molecule has 0 unspecified atom stereocenters. The Morgan fingerprint density at radius 3 is 1.36 bits per heavy atom. The lowest BCUT2D eigenvalue weighted by Crippen LogP contribution is -2.36. The third-order valence-electron chi connectivity index (χ3n) is 8.23. The van der Waals surface area contributed by atoms with Gasteiger partial charge in [0, 0.05) is 0 Å². The molecule has 0 bridgehead atoms. The van der Waals surface area contributed by atoms with Crippen LogP contribution < -0.4 is 0 Å². The van der Waals surface area contributed by atoms with Crippen LogP contribution >= 0.6 is 0 Å². The lowest BCUT2D eigenvalue weighted by Gasteiger charge is -2.37. The molecule has 0 radical (unpaired) electrons. The van der Waals surface area contributed by atoms with Crippen LogP contribution in [0.15, 0.2) is 121 Å². The molecule has 0 aliphatic heterocycles. The van der Waals surface area contributed by atoms with Gasteiger partial charge in [0.05, 0.1) is 19.3 Å². The average Bonchev–Trinajstić information content (AvgIpc) is 3.06. The van der Waals surface area contributed by atoms with Crippen LogP contribution in [0, 0.1) is 0 Å². The fourth-order valence-electron chi connectivity index (χ4n) is 5.85. The maximum atomic E-state index is 7.16. The van der Waals surface area contributed by atoms with Crippen molar-refractivity contribution < 1.29 is 9.47 Å². The minimum Gasteiger partial charge on any atom is -0.371 e. The molecule has 0 fully saturated rings. The fourth-order valence-corrected chi connectivity index (χ4v) is 5.85. The van der Waals surface area contributed by atoms with E-state index in [0.717, 1.165) is 29.5 Å². The van der Waals surface area contributed by atoms with Crippen molar-refractivity contribution in [2.45, 2.75) is 95.9 Å². The highest BCUT2D eigenvalue weighted by Crippen LogP contribution is 2.40. The predicted octanol–water partition coefficient (Wildman–Crippen LogP) is 10.9. The van der Waals surface area contributed by atoms with Gasteiger partial charge in [0.2, 0.25) is 0 Å².